The molecule has 6 heteroatoms. The Morgan fingerprint density at radius 1 is 1.50 bits per heavy atom. The molecule has 0 fully saturated rings. The molecule has 0 unspecified atom stereocenters. The van der Waals surface area contributed by atoms with Gasteiger partial charge >= 0.3 is 0 Å². The highest BCUT2D eigenvalue weighted by molar-refractivity contribution is 7.15. The summed E-state index contributed by atoms with van der Waals surface area (Å²) in [6.45, 7) is 1.99. The topological polar surface area (TPSA) is 67.8 Å². The number of amides is 1. The normalized spacial score (nSPS) is 10.7. The number of hydrogen-bond acceptors (Lipinski definition) is 5. The van der Waals surface area contributed by atoms with Gasteiger partial charge in [-0.1, -0.05) is 24.3 Å². The highest BCUT2D eigenvalue weighted by Gasteiger charge is 2.04. The number of aromatic nitrogens is 3. The first-order valence-electron chi connectivity index (χ1n) is 5.49. The van der Waals surface area contributed by atoms with Crippen molar-refractivity contribution in [3.8, 4) is 0 Å². The zero-order valence-corrected chi connectivity index (χ0v) is 10.6. The van der Waals surface area contributed by atoms with E-state index in [-0.39, 0.29) is 5.91 Å². The fourth-order valence-corrected chi connectivity index (χ4v) is 1.92. The molecule has 2 aromatic rings. The van der Waals surface area contributed by atoms with E-state index in [4.69, 9.17) is 0 Å². The lowest BCUT2D eigenvalue weighted by Gasteiger charge is -1.94. The van der Waals surface area contributed by atoms with Crippen molar-refractivity contribution in [3.05, 3.63) is 41.2 Å². The lowest BCUT2D eigenvalue weighted by molar-refractivity contribution is -0.111. The molecule has 0 radical (unpaired) electrons. The van der Waals surface area contributed by atoms with Crippen molar-refractivity contribution >= 4 is 28.5 Å². The minimum absolute atomic E-state index is 0.224. The Balaban J connectivity index is 1.94. The van der Waals surface area contributed by atoms with E-state index >= 15 is 0 Å². The zero-order valence-electron chi connectivity index (χ0n) is 9.83. The third-order valence-electron chi connectivity index (χ3n) is 2.11. The quantitative estimate of drug-likeness (QED) is 0.855. The van der Waals surface area contributed by atoms with Crippen LogP contribution in [0.3, 0.4) is 0 Å². The second-order valence-electron chi connectivity index (χ2n) is 3.46. The van der Waals surface area contributed by atoms with Gasteiger partial charge in [-0.2, -0.15) is 0 Å². The van der Waals surface area contributed by atoms with Crippen LogP contribution in [-0.4, -0.2) is 21.1 Å². The maximum atomic E-state index is 11.6. The van der Waals surface area contributed by atoms with Gasteiger partial charge in [0.15, 0.2) is 0 Å². The molecule has 0 spiro atoms. The van der Waals surface area contributed by atoms with Gasteiger partial charge in [-0.25, -0.2) is 0 Å². The Bertz CT molecular complexity index is 550. The van der Waals surface area contributed by atoms with Crippen molar-refractivity contribution in [2.45, 2.75) is 13.3 Å². The molecule has 2 aromatic heterocycles. The molecule has 92 valence electrons. The van der Waals surface area contributed by atoms with Gasteiger partial charge in [0.2, 0.25) is 11.0 Å². The number of aryl methyl sites for hydroxylation is 1. The highest BCUT2D eigenvalue weighted by Crippen LogP contribution is 2.15. The van der Waals surface area contributed by atoms with Crippen molar-refractivity contribution < 1.29 is 4.79 Å². The third-order valence-corrected chi connectivity index (χ3v) is 3.09. The molecule has 0 bridgehead atoms. The SMILES string of the molecule is CCc1nnc(NC(=O)/C=C/c2cccnc2)s1. The van der Waals surface area contributed by atoms with Crippen LogP contribution in [-0.2, 0) is 11.2 Å². The second-order valence-corrected chi connectivity index (χ2v) is 4.53. The van der Waals surface area contributed by atoms with Crippen LogP contribution < -0.4 is 5.32 Å². The molecule has 0 atom stereocenters. The largest absolute Gasteiger partial charge is 0.297 e. The molecule has 1 N–H and O–H groups in total. The minimum atomic E-state index is -0.224. The highest BCUT2D eigenvalue weighted by atomic mass is 32.1. The average molecular weight is 260 g/mol. The summed E-state index contributed by atoms with van der Waals surface area (Å²) in [5.74, 6) is -0.224. The van der Waals surface area contributed by atoms with Crippen molar-refractivity contribution in [2.24, 2.45) is 0 Å². The summed E-state index contributed by atoms with van der Waals surface area (Å²) in [4.78, 5) is 15.6. The molecular formula is C12H12N4OS. The molecule has 5 nitrogen and oxygen atoms in total. The molecular weight excluding hydrogens is 248 g/mol. The average Bonchev–Trinajstić information content (AvgIpc) is 2.85. The molecule has 0 saturated carbocycles. The van der Waals surface area contributed by atoms with Crippen molar-refractivity contribution in [1.82, 2.24) is 15.2 Å². The van der Waals surface area contributed by atoms with Gasteiger partial charge in [0, 0.05) is 18.5 Å². The van der Waals surface area contributed by atoms with Crippen LogP contribution in [0.2, 0.25) is 0 Å². The molecule has 2 rings (SSSR count). The maximum Gasteiger partial charge on any atom is 0.250 e. The number of rotatable bonds is 4. The van der Waals surface area contributed by atoms with Crippen LogP contribution in [0.25, 0.3) is 6.08 Å². The second kappa shape index (κ2) is 6.02. The summed E-state index contributed by atoms with van der Waals surface area (Å²) < 4.78 is 0. The molecule has 0 saturated heterocycles. The fraction of sp³-hybridized carbons (Fsp3) is 0.167. The van der Waals surface area contributed by atoms with Crippen LogP contribution >= 0.6 is 11.3 Å². The van der Waals surface area contributed by atoms with Gasteiger partial charge in [0.1, 0.15) is 5.01 Å². The number of pyridine rings is 1. The van der Waals surface area contributed by atoms with Crippen LogP contribution in [0, 0.1) is 0 Å². The fourth-order valence-electron chi connectivity index (χ4n) is 1.24. The Labute approximate surface area is 109 Å². The molecule has 1 amide bonds. The molecule has 0 aliphatic rings. The molecule has 0 aromatic carbocycles. The lowest BCUT2D eigenvalue weighted by atomic mass is 10.2. The van der Waals surface area contributed by atoms with E-state index in [0.29, 0.717) is 5.13 Å². The number of hydrogen-bond donors (Lipinski definition) is 1. The van der Waals surface area contributed by atoms with Crippen LogP contribution in [0.5, 0.6) is 0 Å². The summed E-state index contributed by atoms with van der Waals surface area (Å²) in [5.41, 5.74) is 0.874. The van der Waals surface area contributed by atoms with Gasteiger partial charge in [-0.15, -0.1) is 10.2 Å². The standard InChI is InChI=1S/C12H12N4OS/c1-2-11-15-16-12(18-11)14-10(17)6-5-9-4-3-7-13-8-9/h3-8H,2H2,1H3,(H,14,16,17)/b6-5+. The Kier molecular flexibility index (Phi) is 4.14. The van der Waals surface area contributed by atoms with Crippen LogP contribution in [0.1, 0.15) is 17.5 Å². The predicted molar refractivity (Wildman–Crippen MR) is 71.2 cm³/mol. The van der Waals surface area contributed by atoms with E-state index in [1.165, 1.54) is 17.4 Å². The summed E-state index contributed by atoms with van der Waals surface area (Å²) in [5, 5.41) is 11.9. The summed E-state index contributed by atoms with van der Waals surface area (Å²) >= 11 is 1.38. The van der Waals surface area contributed by atoms with E-state index < -0.39 is 0 Å². The van der Waals surface area contributed by atoms with Crippen LogP contribution in [0.4, 0.5) is 5.13 Å². The van der Waals surface area contributed by atoms with Crippen molar-refractivity contribution in [3.63, 3.8) is 0 Å². The van der Waals surface area contributed by atoms with Gasteiger partial charge < -0.3 is 0 Å². The van der Waals surface area contributed by atoms with Gasteiger partial charge in [0.05, 0.1) is 0 Å². The van der Waals surface area contributed by atoms with Crippen LogP contribution in [0.15, 0.2) is 30.6 Å². The molecule has 0 aliphatic carbocycles. The van der Waals surface area contributed by atoms with E-state index in [2.05, 4.69) is 20.5 Å². The lowest BCUT2D eigenvalue weighted by Crippen LogP contribution is -2.07. The number of nitrogens with zero attached hydrogens (tertiary/aromatic N) is 3. The van der Waals surface area contributed by atoms with Gasteiger partial charge in [0.25, 0.3) is 0 Å². The Morgan fingerprint density at radius 2 is 2.39 bits per heavy atom. The van der Waals surface area contributed by atoms with Crippen molar-refractivity contribution in [2.75, 3.05) is 5.32 Å². The molecule has 2 heterocycles. The summed E-state index contributed by atoms with van der Waals surface area (Å²) in [7, 11) is 0. The smallest absolute Gasteiger partial charge is 0.250 e. The van der Waals surface area contributed by atoms with E-state index in [1.54, 1.807) is 18.5 Å². The third kappa shape index (κ3) is 3.46. The first-order valence-corrected chi connectivity index (χ1v) is 6.31. The Hall–Kier alpha value is -2.08. The molecule has 0 aliphatic heterocycles. The van der Waals surface area contributed by atoms with Gasteiger partial charge in [-0.05, 0) is 24.1 Å². The number of anilines is 1. The van der Waals surface area contributed by atoms with Gasteiger partial charge in [-0.3, -0.25) is 15.1 Å². The minimum Gasteiger partial charge on any atom is -0.297 e. The maximum absolute atomic E-state index is 11.6. The number of carbonyl (C=O) groups is 1. The van der Waals surface area contributed by atoms with E-state index in [1.807, 2.05) is 19.1 Å². The first-order chi connectivity index (χ1) is 8.78. The zero-order chi connectivity index (χ0) is 12.8. The molecule has 18 heavy (non-hydrogen) atoms. The summed E-state index contributed by atoms with van der Waals surface area (Å²) in [6, 6.07) is 3.69. The number of carbonyl (C=O) groups excluding carboxylic acids is 1. The Morgan fingerprint density at radius 3 is 3.06 bits per heavy atom. The monoisotopic (exact) mass is 260 g/mol. The number of nitrogens with one attached hydrogen (secondary N) is 1. The predicted octanol–water partition coefficient (Wildman–Crippen LogP) is 2.15. The van der Waals surface area contributed by atoms with E-state index in [9.17, 15) is 4.79 Å². The summed E-state index contributed by atoms with van der Waals surface area (Å²) in [6.07, 6.45) is 7.34. The van der Waals surface area contributed by atoms with Crippen molar-refractivity contribution in [1.29, 1.82) is 0 Å². The first kappa shape index (κ1) is 12.4. The van der Waals surface area contributed by atoms with E-state index in [0.717, 1.165) is 17.0 Å².